The van der Waals surface area contributed by atoms with E-state index in [0.29, 0.717) is 11.1 Å². The maximum atomic E-state index is 11.8. The Balaban J connectivity index is 2.07. The molecule has 4 heteroatoms. The minimum Gasteiger partial charge on any atom is -0.394 e. The maximum absolute atomic E-state index is 11.8. The lowest BCUT2D eigenvalue weighted by molar-refractivity contribution is 0.0907. The summed E-state index contributed by atoms with van der Waals surface area (Å²) in [7, 11) is 0. The maximum Gasteiger partial charge on any atom is 0.251 e. The molecule has 0 bridgehead atoms. The van der Waals surface area contributed by atoms with Gasteiger partial charge in [0.2, 0.25) is 0 Å². The third-order valence-corrected chi connectivity index (χ3v) is 2.81. The summed E-state index contributed by atoms with van der Waals surface area (Å²) in [6, 6.07) is 8.43. The summed E-state index contributed by atoms with van der Waals surface area (Å²) in [4.78, 5) is 11.8. The van der Waals surface area contributed by atoms with Gasteiger partial charge in [0.05, 0.1) is 23.8 Å². The topological polar surface area (TPSA) is 73.1 Å². The van der Waals surface area contributed by atoms with Gasteiger partial charge in [0.25, 0.3) is 5.91 Å². The number of hydrogen-bond acceptors (Lipinski definition) is 3. The van der Waals surface area contributed by atoms with Gasteiger partial charge in [-0.05, 0) is 37.1 Å². The van der Waals surface area contributed by atoms with E-state index in [1.165, 1.54) is 0 Å². The van der Waals surface area contributed by atoms with Crippen LogP contribution in [0.5, 0.6) is 0 Å². The first-order valence-corrected chi connectivity index (χ1v) is 5.13. The van der Waals surface area contributed by atoms with Crippen LogP contribution in [0.25, 0.3) is 0 Å². The Morgan fingerprint density at radius 2 is 2.06 bits per heavy atom. The molecule has 0 aromatic heterocycles. The van der Waals surface area contributed by atoms with Crippen LogP contribution in [0.4, 0.5) is 0 Å². The van der Waals surface area contributed by atoms with Crippen molar-refractivity contribution in [2.75, 3.05) is 6.61 Å². The molecular formula is C12H12N2O2. The van der Waals surface area contributed by atoms with Crippen LogP contribution in [-0.4, -0.2) is 23.2 Å². The molecule has 0 unspecified atom stereocenters. The van der Waals surface area contributed by atoms with Crippen molar-refractivity contribution in [3.8, 4) is 6.07 Å². The van der Waals surface area contributed by atoms with Crippen molar-refractivity contribution in [2.45, 2.75) is 18.4 Å². The fourth-order valence-corrected chi connectivity index (χ4v) is 1.48. The zero-order chi connectivity index (χ0) is 11.6. The van der Waals surface area contributed by atoms with Crippen molar-refractivity contribution in [1.29, 1.82) is 5.26 Å². The molecule has 4 nitrogen and oxygen atoms in total. The van der Waals surface area contributed by atoms with Gasteiger partial charge in [-0.15, -0.1) is 0 Å². The Bertz CT molecular complexity index is 441. The molecule has 2 N–H and O–H groups in total. The van der Waals surface area contributed by atoms with Crippen molar-refractivity contribution in [2.24, 2.45) is 0 Å². The quantitative estimate of drug-likeness (QED) is 0.785. The fraction of sp³-hybridized carbons (Fsp3) is 0.333. The van der Waals surface area contributed by atoms with Gasteiger partial charge in [-0.2, -0.15) is 5.26 Å². The predicted octanol–water partition coefficient (Wildman–Crippen LogP) is 0.813. The largest absolute Gasteiger partial charge is 0.394 e. The van der Waals surface area contributed by atoms with Gasteiger partial charge in [-0.25, -0.2) is 0 Å². The first-order chi connectivity index (χ1) is 7.69. The zero-order valence-electron chi connectivity index (χ0n) is 8.73. The van der Waals surface area contributed by atoms with E-state index < -0.39 is 5.54 Å². The number of aliphatic hydroxyl groups is 1. The van der Waals surface area contributed by atoms with Gasteiger partial charge in [0.1, 0.15) is 0 Å². The van der Waals surface area contributed by atoms with E-state index >= 15 is 0 Å². The van der Waals surface area contributed by atoms with Crippen LogP contribution >= 0.6 is 0 Å². The average molecular weight is 216 g/mol. The van der Waals surface area contributed by atoms with E-state index in [2.05, 4.69) is 5.32 Å². The molecule has 0 atom stereocenters. The van der Waals surface area contributed by atoms with Crippen molar-refractivity contribution in [3.63, 3.8) is 0 Å². The third kappa shape index (κ3) is 2.05. The lowest BCUT2D eigenvalue weighted by Crippen LogP contribution is -2.39. The van der Waals surface area contributed by atoms with Crippen LogP contribution in [0.2, 0.25) is 0 Å². The van der Waals surface area contributed by atoms with E-state index in [4.69, 9.17) is 10.4 Å². The van der Waals surface area contributed by atoms with Crippen molar-refractivity contribution in [1.82, 2.24) is 5.32 Å². The molecule has 82 valence electrons. The molecule has 1 aliphatic carbocycles. The van der Waals surface area contributed by atoms with E-state index in [0.717, 1.165) is 12.8 Å². The molecule has 0 aliphatic heterocycles. The van der Waals surface area contributed by atoms with Gasteiger partial charge in [0, 0.05) is 5.56 Å². The molecule has 1 aromatic carbocycles. The first-order valence-electron chi connectivity index (χ1n) is 5.13. The Morgan fingerprint density at radius 3 is 2.50 bits per heavy atom. The summed E-state index contributed by atoms with van der Waals surface area (Å²) in [5.74, 6) is -0.198. The molecule has 0 radical (unpaired) electrons. The molecule has 1 aromatic rings. The summed E-state index contributed by atoms with van der Waals surface area (Å²) in [6.45, 7) is -0.0188. The lowest BCUT2D eigenvalue weighted by Gasteiger charge is -2.13. The first kappa shape index (κ1) is 10.7. The van der Waals surface area contributed by atoms with Crippen LogP contribution in [0, 0.1) is 11.3 Å². The van der Waals surface area contributed by atoms with E-state index in [1.807, 2.05) is 6.07 Å². The van der Waals surface area contributed by atoms with Crippen molar-refractivity contribution >= 4 is 5.91 Å². The number of rotatable bonds is 3. The molecule has 16 heavy (non-hydrogen) atoms. The molecular weight excluding hydrogens is 204 g/mol. The minimum atomic E-state index is -0.398. The number of amides is 1. The molecule has 1 saturated carbocycles. The summed E-state index contributed by atoms with van der Waals surface area (Å²) in [6.07, 6.45) is 1.65. The second-order valence-electron chi connectivity index (χ2n) is 4.08. The second-order valence-corrected chi connectivity index (χ2v) is 4.08. The highest BCUT2D eigenvalue weighted by Gasteiger charge is 2.43. The normalized spacial score (nSPS) is 16.2. The number of nitrogens with one attached hydrogen (secondary N) is 1. The van der Waals surface area contributed by atoms with E-state index in [9.17, 15) is 4.79 Å². The molecule has 1 amide bonds. The number of benzene rings is 1. The van der Waals surface area contributed by atoms with Crippen molar-refractivity contribution in [3.05, 3.63) is 35.4 Å². The number of nitrogens with zero attached hydrogens (tertiary/aromatic N) is 1. The average Bonchev–Trinajstić information content (AvgIpc) is 3.09. The summed E-state index contributed by atoms with van der Waals surface area (Å²) < 4.78 is 0. The lowest BCUT2D eigenvalue weighted by atomic mass is 10.1. The van der Waals surface area contributed by atoms with Gasteiger partial charge in [0.15, 0.2) is 0 Å². The zero-order valence-corrected chi connectivity index (χ0v) is 8.73. The second kappa shape index (κ2) is 3.95. The van der Waals surface area contributed by atoms with Crippen molar-refractivity contribution < 1.29 is 9.90 Å². The van der Waals surface area contributed by atoms with Crippen LogP contribution in [0.3, 0.4) is 0 Å². The number of carbonyl (C=O) groups excluding carboxylic acids is 1. The number of hydrogen-bond donors (Lipinski definition) is 2. The number of nitriles is 1. The monoisotopic (exact) mass is 216 g/mol. The van der Waals surface area contributed by atoms with E-state index in [1.54, 1.807) is 24.3 Å². The van der Waals surface area contributed by atoms with Crippen LogP contribution < -0.4 is 5.32 Å². The SMILES string of the molecule is N#Cc1ccc(C(=O)NC2(CO)CC2)cc1. The third-order valence-electron chi connectivity index (χ3n) is 2.81. The van der Waals surface area contributed by atoms with Gasteiger partial charge >= 0.3 is 0 Å². The summed E-state index contributed by atoms with van der Waals surface area (Å²) in [5.41, 5.74) is 0.643. The van der Waals surface area contributed by atoms with Crippen LogP contribution in [0.15, 0.2) is 24.3 Å². The van der Waals surface area contributed by atoms with Gasteiger partial charge in [-0.3, -0.25) is 4.79 Å². The highest BCUT2D eigenvalue weighted by molar-refractivity contribution is 5.95. The Hall–Kier alpha value is -1.86. The Labute approximate surface area is 93.5 Å². The predicted molar refractivity (Wildman–Crippen MR) is 57.7 cm³/mol. The molecule has 2 rings (SSSR count). The Morgan fingerprint density at radius 1 is 1.44 bits per heavy atom. The highest BCUT2D eigenvalue weighted by atomic mass is 16.3. The Kier molecular flexibility index (Phi) is 2.63. The fourth-order valence-electron chi connectivity index (χ4n) is 1.48. The standard InChI is InChI=1S/C12H12N2O2/c13-7-9-1-3-10(4-2-9)11(16)14-12(8-15)5-6-12/h1-4,15H,5-6,8H2,(H,14,16). The molecule has 1 aliphatic rings. The smallest absolute Gasteiger partial charge is 0.251 e. The molecule has 0 heterocycles. The number of carbonyl (C=O) groups is 1. The van der Waals surface area contributed by atoms with Gasteiger partial charge < -0.3 is 10.4 Å². The van der Waals surface area contributed by atoms with Crippen LogP contribution in [0.1, 0.15) is 28.8 Å². The van der Waals surface area contributed by atoms with Crippen LogP contribution in [-0.2, 0) is 0 Å². The number of aliphatic hydroxyl groups excluding tert-OH is 1. The van der Waals surface area contributed by atoms with Gasteiger partial charge in [-0.1, -0.05) is 0 Å². The minimum absolute atomic E-state index is 0.0188. The highest BCUT2D eigenvalue weighted by Crippen LogP contribution is 2.34. The molecule has 0 saturated heterocycles. The summed E-state index contributed by atoms with van der Waals surface area (Å²) in [5, 5.41) is 20.5. The van der Waals surface area contributed by atoms with E-state index in [-0.39, 0.29) is 12.5 Å². The molecule has 0 spiro atoms. The summed E-state index contributed by atoms with van der Waals surface area (Å²) >= 11 is 0. The molecule has 1 fully saturated rings.